The Hall–Kier alpha value is -1.42. The average molecular weight is 373 g/mol. The van der Waals surface area contributed by atoms with Crippen LogP contribution in [0.1, 0.15) is 31.7 Å². The van der Waals surface area contributed by atoms with Crippen molar-refractivity contribution in [2.24, 2.45) is 0 Å². The van der Waals surface area contributed by atoms with Crippen molar-refractivity contribution in [2.45, 2.75) is 32.6 Å². The van der Waals surface area contributed by atoms with Crippen LogP contribution in [0.3, 0.4) is 0 Å². The van der Waals surface area contributed by atoms with E-state index >= 15 is 0 Å². The highest BCUT2D eigenvalue weighted by Crippen LogP contribution is 2.32. The van der Waals surface area contributed by atoms with Gasteiger partial charge in [-0.05, 0) is 81.1 Å². The Morgan fingerprint density at radius 3 is 2.60 bits per heavy atom. The first-order valence-corrected chi connectivity index (χ1v) is 10.2. The summed E-state index contributed by atoms with van der Waals surface area (Å²) in [6.45, 7) is 4.62. The second-order valence-electron chi connectivity index (χ2n) is 6.63. The lowest BCUT2D eigenvalue weighted by Crippen LogP contribution is -2.20. The van der Waals surface area contributed by atoms with Gasteiger partial charge in [0, 0.05) is 16.0 Å². The monoisotopic (exact) mass is 372 g/mol. The molecule has 0 spiro atoms. The minimum Gasteiger partial charge on any atom is -0.306 e. The lowest BCUT2D eigenvalue weighted by Gasteiger charge is -2.14. The lowest BCUT2D eigenvalue weighted by molar-refractivity contribution is 0.326. The van der Waals surface area contributed by atoms with Crippen molar-refractivity contribution in [3.63, 3.8) is 0 Å². The van der Waals surface area contributed by atoms with E-state index in [1.165, 1.54) is 48.0 Å². The fourth-order valence-electron chi connectivity index (χ4n) is 3.16. The maximum atomic E-state index is 5.99. The van der Waals surface area contributed by atoms with Gasteiger partial charge >= 0.3 is 0 Å². The number of hydrogen-bond acceptors (Lipinski definition) is 3. The Morgan fingerprint density at radius 1 is 1.04 bits per heavy atom. The van der Waals surface area contributed by atoms with Crippen LogP contribution in [0, 0.1) is 0 Å². The zero-order chi connectivity index (χ0) is 17.6. The van der Waals surface area contributed by atoms with E-state index in [1.54, 1.807) is 11.5 Å². The fourth-order valence-corrected chi connectivity index (χ4v) is 4.14. The van der Waals surface area contributed by atoms with Gasteiger partial charge in [-0.1, -0.05) is 42.8 Å². The van der Waals surface area contributed by atoms with Gasteiger partial charge in [0.15, 0.2) is 0 Å². The molecule has 1 aromatic heterocycles. The molecule has 0 unspecified atom stereocenters. The van der Waals surface area contributed by atoms with Gasteiger partial charge in [-0.15, -0.1) is 0 Å². The predicted octanol–water partition coefficient (Wildman–Crippen LogP) is 6.28. The third-order valence-corrected chi connectivity index (χ3v) is 5.57. The molecule has 3 aromatic rings. The van der Waals surface area contributed by atoms with Gasteiger partial charge in [-0.25, -0.2) is 0 Å². The van der Waals surface area contributed by atoms with Crippen molar-refractivity contribution >= 4 is 33.2 Å². The van der Waals surface area contributed by atoms with Crippen molar-refractivity contribution in [1.82, 2.24) is 9.27 Å². The van der Waals surface area contributed by atoms with Gasteiger partial charge in [0.05, 0.1) is 10.4 Å². The summed E-state index contributed by atoms with van der Waals surface area (Å²) in [6, 6.07) is 14.7. The number of fused-ring (bicyclic) bond motifs is 1. The highest BCUT2D eigenvalue weighted by Gasteiger charge is 2.09. The number of unbranched alkanes of at least 4 members (excludes halogenated alkanes) is 1. The van der Waals surface area contributed by atoms with E-state index in [-0.39, 0.29) is 0 Å². The summed E-state index contributed by atoms with van der Waals surface area (Å²) in [5, 5.41) is 1.99. The third-order valence-electron chi connectivity index (χ3n) is 4.51. The molecule has 132 valence electrons. The summed E-state index contributed by atoms with van der Waals surface area (Å²) in [4.78, 5) is 2.42. The van der Waals surface area contributed by atoms with Gasteiger partial charge in [0.25, 0.3) is 0 Å². The van der Waals surface area contributed by atoms with Crippen LogP contribution in [0.25, 0.3) is 21.3 Å². The third kappa shape index (κ3) is 4.81. The van der Waals surface area contributed by atoms with Gasteiger partial charge in [0.1, 0.15) is 0 Å². The van der Waals surface area contributed by atoms with E-state index in [4.69, 9.17) is 11.6 Å². The smallest absolute Gasteiger partial charge is 0.0919 e. The van der Waals surface area contributed by atoms with Crippen molar-refractivity contribution in [3.8, 4) is 11.3 Å². The first kappa shape index (κ1) is 18.4. The lowest BCUT2D eigenvalue weighted by atomic mass is 10.0. The molecule has 0 saturated carbocycles. The molecule has 2 aromatic carbocycles. The normalized spacial score (nSPS) is 11.5. The number of halogens is 1. The van der Waals surface area contributed by atoms with Crippen LogP contribution in [0.5, 0.6) is 0 Å². The molecule has 0 aliphatic rings. The summed E-state index contributed by atoms with van der Waals surface area (Å²) in [5.74, 6) is 0. The minimum atomic E-state index is 0.759. The van der Waals surface area contributed by atoms with Crippen molar-refractivity contribution in [2.75, 3.05) is 20.1 Å². The zero-order valence-electron chi connectivity index (χ0n) is 15.0. The van der Waals surface area contributed by atoms with E-state index in [2.05, 4.69) is 41.4 Å². The topological polar surface area (TPSA) is 16.1 Å². The highest BCUT2D eigenvalue weighted by atomic mass is 35.5. The molecule has 0 aliphatic carbocycles. The Bertz CT molecular complexity index is 810. The largest absolute Gasteiger partial charge is 0.306 e. The van der Waals surface area contributed by atoms with E-state index in [0.29, 0.717) is 0 Å². The van der Waals surface area contributed by atoms with Gasteiger partial charge in [-0.2, -0.15) is 4.37 Å². The number of nitrogens with zero attached hydrogens (tertiary/aromatic N) is 2. The average Bonchev–Trinajstić information content (AvgIpc) is 3.03. The van der Waals surface area contributed by atoms with Crippen molar-refractivity contribution in [3.05, 3.63) is 53.1 Å². The molecule has 0 radical (unpaired) electrons. The Morgan fingerprint density at radius 2 is 1.84 bits per heavy atom. The number of hydrogen-bond donors (Lipinski definition) is 0. The van der Waals surface area contributed by atoms with Crippen LogP contribution in [0.2, 0.25) is 5.02 Å². The Labute approximate surface area is 159 Å². The second kappa shape index (κ2) is 8.79. The summed E-state index contributed by atoms with van der Waals surface area (Å²) in [7, 11) is 2.21. The quantitative estimate of drug-likeness (QED) is 0.432. The van der Waals surface area contributed by atoms with E-state index in [0.717, 1.165) is 22.7 Å². The molecule has 0 N–H and O–H groups in total. The maximum absolute atomic E-state index is 5.99. The number of aryl methyl sites for hydroxylation is 1. The first-order valence-electron chi connectivity index (χ1n) is 9.00. The maximum Gasteiger partial charge on any atom is 0.0919 e. The first-order chi connectivity index (χ1) is 12.2. The summed E-state index contributed by atoms with van der Waals surface area (Å²) < 4.78 is 5.94. The molecule has 2 nitrogen and oxygen atoms in total. The number of rotatable bonds is 8. The molecule has 0 saturated heterocycles. The molecule has 1 heterocycles. The standard InChI is InChI=1S/C21H25ClN2S/c1-3-13-24(2)14-5-4-6-16-7-12-19-20(15-16)25-23-21(19)17-8-10-18(22)11-9-17/h7-12,15H,3-6,13-14H2,1-2H3. The second-order valence-corrected chi connectivity index (χ2v) is 7.87. The summed E-state index contributed by atoms with van der Waals surface area (Å²) in [5.41, 5.74) is 3.60. The molecule has 25 heavy (non-hydrogen) atoms. The molecule has 3 rings (SSSR count). The number of benzene rings is 2. The predicted molar refractivity (Wildman–Crippen MR) is 111 cm³/mol. The van der Waals surface area contributed by atoms with E-state index < -0.39 is 0 Å². The Kier molecular flexibility index (Phi) is 6.46. The van der Waals surface area contributed by atoms with Crippen LogP contribution < -0.4 is 0 Å². The minimum absolute atomic E-state index is 0.759. The Balaban J connectivity index is 1.64. The molecule has 4 heteroatoms. The van der Waals surface area contributed by atoms with Gasteiger partial charge in [-0.3, -0.25) is 0 Å². The summed E-state index contributed by atoms with van der Waals surface area (Å²) >= 11 is 7.58. The molecule has 0 bridgehead atoms. The summed E-state index contributed by atoms with van der Waals surface area (Å²) in [6.07, 6.45) is 4.87. The number of aromatic nitrogens is 1. The van der Waals surface area contributed by atoms with Crippen molar-refractivity contribution in [1.29, 1.82) is 0 Å². The molecule has 0 aliphatic heterocycles. The fraction of sp³-hybridized carbons (Fsp3) is 0.381. The highest BCUT2D eigenvalue weighted by molar-refractivity contribution is 7.13. The molecule has 0 fully saturated rings. The SMILES string of the molecule is CCCN(C)CCCCc1ccc2c(-c3ccc(Cl)cc3)nsc2c1. The van der Waals surface area contributed by atoms with Gasteiger partial charge < -0.3 is 4.90 Å². The van der Waals surface area contributed by atoms with E-state index in [9.17, 15) is 0 Å². The molecular weight excluding hydrogens is 348 g/mol. The van der Waals surface area contributed by atoms with Gasteiger partial charge in [0.2, 0.25) is 0 Å². The zero-order valence-corrected chi connectivity index (χ0v) is 16.5. The van der Waals surface area contributed by atoms with Crippen LogP contribution in [-0.4, -0.2) is 29.4 Å². The van der Waals surface area contributed by atoms with E-state index in [1.807, 2.05) is 24.3 Å². The van der Waals surface area contributed by atoms with Crippen molar-refractivity contribution < 1.29 is 0 Å². The van der Waals surface area contributed by atoms with Crippen LogP contribution >= 0.6 is 23.1 Å². The van der Waals surface area contributed by atoms with Crippen LogP contribution in [0.15, 0.2) is 42.5 Å². The molecule has 0 atom stereocenters. The molecule has 0 amide bonds. The van der Waals surface area contributed by atoms with Crippen LogP contribution in [-0.2, 0) is 6.42 Å². The molecular formula is C21H25ClN2S. The van der Waals surface area contributed by atoms with Crippen LogP contribution in [0.4, 0.5) is 0 Å².